The summed E-state index contributed by atoms with van der Waals surface area (Å²) in [6.07, 6.45) is 22.6. The normalized spacial score (nSPS) is 11.4. The van der Waals surface area contributed by atoms with E-state index in [2.05, 4.69) is 13.8 Å². The number of unbranched alkanes of at least 4 members (excludes halogenated alkanes) is 15. The second kappa shape index (κ2) is 41.2. The number of esters is 1. The molecule has 0 saturated heterocycles. The molecule has 0 aliphatic carbocycles. The molecule has 0 aromatic carbocycles. The van der Waals surface area contributed by atoms with E-state index in [9.17, 15) is 4.79 Å². The second-order valence-corrected chi connectivity index (χ2v) is 11.6. The van der Waals surface area contributed by atoms with Crippen molar-refractivity contribution < 1.29 is 42.7 Å². The lowest BCUT2D eigenvalue weighted by Crippen LogP contribution is -2.15. The molecule has 0 aliphatic heterocycles. The molecule has 0 amide bonds. The Kier molecular flexibility index (Phi) is 40.5. The summed E-state index contributed by atoms with van der Waals surface area (Å²) in [5.74, 6) is -0.123. The average Bonchev–Trinajstić information content (AvgIpc) is 3.05. The second-order valence-electron chi connectivity index (χ2n) is 11.6. The van der Waals surface area contributed by atoms with Crippen LogP contribution in [0.4, 0.5) is 0 Å². The van der Waals surface area contributed by atoms with Crippen LogP contribution in [0.2, 0.25) is 0 Å². The number of ether oxygens (including phenoxy) is 8. The van der Waals surface area contributed by atoms with Gasteiger partial charge < -0.3 is 37.9 Å². The van der Waals surface area contributed by atoms with Gasteiger partial charge >= 0.3 is 5.97 Å². The largest absolute Gasteiger partial charge is 0.463 e. The zero-order valence-corrected chi connectivity index (χ0v) is 29.5. The Balaban J connectivity index is 3.13. The summed E-state index contributed by atoms with van der Waals surface area (Å²) in [4.78, 5) is 11.9. The van der Waals surface area contributed by atoms with Crippen molar-refractivity contribution in [3.63, 3.8) is 0 Å². The smallest absolute Gasteiger partial charge is 0.305 e. The molecule has 9 heteroatoms. The van der Waals surface area contributed by atoms with E-state index < -0.39 is 0 Å². The van der Waals surface area contributed by atoms with Gasteiger partial charge in [-0.2, -0.15) is 0 Å². The SMILES string of the molecule is CCCCCCCCCCCCCCCCCC(=O)OCCOCCOCCOCCOCCOCCOCCOCCCC. The number of carbonyl (C=O) groups is 1. The van der Waals surface area contributed by atoms with Crippen molar-refractivity contribution in [2.24, 2.45) is 0 Å². The monoisotopic (exact) mass is 649 g/mol. The van der Waals surface area contributed by atoms with Crippen molar-refractivity contribution in [2.45, 2.75) is 129 Å². The van der Waals surface area contributed by atoms with Gasteiger partial charge in [0.15, 0.2) is 0 Å². The molecule has 0 heterocycles. The fourth-order valence-corrected chi connectivity index (χ4v) is 4.60. The van der Waals surface area contributed by atoms with Crippen LogP contribution in [-0.4, -0.2) is 105 Å². The predicted octanol–water partition coefficient (Wildman–Crippen LogP) is 7.71. The lowest BCUT2D eigenvalue weighted by molar-refractivity contribution is -0.145. The highest BCUT2D eigenvalue weighted by atomic mass is 16.6. The molecule has 0 radical (unpaired) electrons. The van der Waals surface area contributed by atoms with Crippen LogP contribution in [0, 0.1) is 0 Å². The molecular weight excluding hydrogens is 576 g/mol. The molecule has 0 atom stereocenters. The summed E-state index contributed by atoms with van der Waals surface area (Å²) in [7, 11) is 0. The van der Waals surface area contributed by atoms with Gasteiger partial charge in [-0.3, -0.25) is 4.79 Å². The third-order valence-electron chi connectivity index (χ3n) is 7.35. The summed E-state index contributed by atoms with van der Waals surface area (Å²) in [6.45, 7) is 12.4. The van der Waals surface area contributed by atoms with Gasteiger partial charge in [0, 0.05) is 13.0 Å². The summed E-state index contributed by atoms with van der Waals surface area (Å²) in [5.41, 5.74) is 0. The van der Waals surface area contributed by atoms with Gasteiger partial charge in [0.25, 0.3) is 0 Å². The molecule has 0 fully saturated rings. The minimum Gasteiger partial charge on any atom is -0.463 e. The van der Waals surface area contributed by atoms with E-state index in [-0.39, 0.29) is 5.97 Å². The van der Waals surface area contributed by atoms with Crippen molar-refractivity contribution in [1.82, 2.24) is 0 Å². The van der Waals surface area contributed by atoms with E-state index in [0.717, 1.165) is 32.3 Å². The molecule has 0 N–H and O–H groups in total. The van der Waals surface area contributed by atoms with Crippen molar-refractivity contribution >= 4 is 5.97 Å². The van der Waals surface area contributed by atoms with Gasteiger partial charge in [-0.05, 0) is 12.8 Å². The summed E-state index contributed by atoms with van der Waals surface area (Å²) in [5, 5.41) is 0. The minimum absolute atomic E-state index is 0.123. The van der Waals surface area contributed by atoms with Crippen LogP contribution in [0.3, 0.4) is 0 Å². The standard InChI is InChI=1S/C36H72O9/c1-3-5-7-8-9-10-11-12-13-14-15-16-17-18-19-20-36(37)45-35-34-44-33-32-43-31-30-42-29-28-41-27-26-40-25-24-39-23-22-38-21-6-4-2/h3-35H2,1-2H3. The van der Waals surface area contributed by atoms with Crippen LogP contribution in [0.1, 0.15) is 129 Å². The quantitative estimate of drug-likeness (QED) is 0.0489. The first-order chi connectivity index (χ1) is 22.3. The first-order valence-electron chi connectivity index (χ1n) is 18.5. The lowest BCUT2D eigenvalue weighted by atomic mass is 10.0. The third-order valence-corrected chi connectivity index (χ3v) is 7.35. The van der Waals surface area contributed by atoms with E-state index >= 15 is 0 Å². The van der Waals surface area contributed by atoms with E-state index in [0.29, 0.717) is 98.9 Å². The molecule has 0 rings (SSSR count). The highest BCUT2D eigenvalue weighted by Gasteiger charge is 2.03. The number of hydrogen-bond donors (Lipinski definition) is 0. The Labute approximate surface area is 277 Å². The maximum atomic E-state index is 11.9. The van der Waals surface area contributed by atoms with Gasteiger partial charge in [0.2, 0.25) is 0 Å². The Bertz CT molecular complexity index is 551. The zero-order chi connectivity index (χ0) is 32.6. The first kappa shape index (κ1) is 44.2. The maximum absolute atomic E-state index is 11.9. The van der Waals surface area contributed by atoms with E-state index in [1.807, 2.05) is 0 Å². The minimum atomic E-state index is -0.123. The Morgan fingerprint density at radius 1 is 0.311 bits per heavy atom. The van der Waals surface area contributed by atoms with Crippen LogP contribution in [-0.2, 0) is 42.7 Å². The van der Waals surface area contributed by atoms with Gasteiger partial charge in [-0.25, -0.2) is 0 Å². The highest BCUT2D eigenvalue weighted by Crippen LogP contribution is 2.13. The Morgan fingerprint density at radius 3 is 0.911 bits per heavy atom. The number of hydrogen-bond acceptors (Lipinski definition) is 9. The zero-order valence-electron chi connectivity index (χ0n) is 29.5. The van der Waals surface area contributed by atoms with Gasteiger partial charge in [0.1, 0.15) is 6.61 Å². The molecule has 0 saturated carbocycles. The summed E-state index contributed by atoms with van der Waals surface area (Å²) >= 11 is 0. The van der Waals surface area contributed by atoms with Crippen LogP contribution >= 0.6 is 0 Å². The molecular formula is C36H72O9. The van der Waals surface area contributed by atoms with Crippen LogP contribution in [0.5, 0.6) is 0 Å². The molecule has 9 nitrogen and oxygen atoms in total. The fraction of sp³-hybridized carbons (Fsp3) is 0.972. The number of carbonyl (C=O) groups excluding carboxylic acids is 1. The van der Waals surface area contributed by atoms with Crippen molar-refractivity contribution in [2.75, 3.05) is 99.1 Å². The predicted molar refractivity (Wildman–Crippen MR) is 181 cm³/mol. The Hall–Kier alpha value is -0.810. The van der Waals surface area contributed by atoms with Crippen molar-refractivity contribution in [3.8, 4) is 0 Å². The van der Waals surface area contributed by atoms with Gasteiger partial charge in [-0.1, -0.05) is 110 Å². The van der Waals surface area contributed by atoms with Gasteiger partial charge in [0.05, 0.1) is 85.9 Å². The molecule has 45 heavy (non-hydrogen) atoms. The van der Waals surface area contributed by atoms with Crippen LogP contribution in [0.15, 0.2) is 0 Å². The molecule has 0 bridgehead atoms. The summed E-state index contributed by atoms with van der Waals surface area (Å²) in [6, 6.07) is 0. The topological polar surface area (TPSA) is 90.9 Å². The highest BCUT2D eigenvalue weighted by molar-refractivity contribution is 5.69. The maximum Gasteiger partial charge on any atom is 0.305 e. The van der Waals surface area contributed by atoms with Crippen molar-refractivity contribution in [3.05, 3.63) is 0 Å². The van der Waals surface area contributed by atoms with Crippen LogP contribution < -0.4 is 0 Å². The molecule has 0 aromatic rings. The van der Waals surface area contributed by atoms with E-state index in [1.54, 1.807) is 0 Å². The lowest BCUT2D eigenvalue weighted by Gasteiger charge is -2.09. The summed E-state index contributed by atoms with van der Waals surface area (Å²) < 4.78 is 43.5. The molecule has 0 spiro atoms. The average molecular weight is 649 g/mol. The molecule has 0 unspecified atom stereocenters. The molecule has 270 valence electrons. The number of rotatable bonds is 40. The third kappa shape index (κ3) is 41.2. The van der Waals surface area contributed by atoms with E-state index in [4.69, 9.17) is 37.9 Å². The van der Waals surface area contributed by atoms with E-state index in [1.165, 1.54) is 83.5 Å². The van der Waals surface area contributed by atoms with Crippen molar-refractivity contribution in [1.29, 1.82) is 0 Å². The first-order valence-corrected chi connectivity index (χ1v) is 18.5. The fourth-order valence-electron chi connectivity index (χ4n) is 4.60. The molecule has 0 aliphatic rings. The van der Waals surface area contributed by atoms with Crippen LogP contribution in [0.25, 0.3) is 0 Å². The Morgan fingerprint density at radius 2 is 0.578 bits per heavy atom. The van der Waals surface area contributed by atoms with Gasteiger partial charge in [-0.15, -0.1) is 0 Å². The molecule has 0 aromatic heterocycles.